The average Bonchev–Trinajstić information content (AvgIpc) is 2.87. The van der Waals surface area contributed by atoms with Gasteiger partial charge in [0.25, 0.3) is 0 Å². The van der Waals surface area contributed by atoms with Gasteiger partial charge in [-0.3, -0.25) is 0 Å². The Bertz CT molecular complexity index is 324. The molecule has 2 amide bonds. The number of nitrogens with zero attached hydrogens (tertiary/aromatic N) is 1. The molecule has 0 radical (unpaired) electrons. The van der Waals surface area contributed by atoms with E-state index in [-0.39, 0.29) is 12.1 Å². The second-order valence-corrected chi connectivity index (χ2v) is 4.89. The molecule has 1 fully saturated rings. The van der Waals surface area contributed by atoms with Gasteiger partial charge in [0.05, 0.1) is 6.10 Å². The lowest BCUT2D eigenvalue weighted by atomic mass is 10.2. The SMILES string of the molecule is COCCCCCNC(=O)N1CC(OC)CC1C(=O)O. The van der Waals surface area contributed by atoms with Crippen LogP contribution in [0.15, 0.2) is 0 Å². The van der Waals surface area contributed by atoms with Crippen LogP contribution in [-0.4, -0.2) is 68.1 Å². The van der Waals surface area contributed by atoms with Crippen LogP contribution in [0, 0.1) is 0 Å². The van der Waals surface area contributed by atoms with Crippen LogP contribution >= 0.6 is 0 Å². The van der Waals surface area contributed by atoms with Crippen LogP contribution in [0.25, 0.3) is 0 Å². The van der Waals surface area contributed by atoms with E-state index >= 15 is 0 Å². The van der Waals surface area contributed by atoms with Crippen LogP contribution in [0.5, 0.6) is 0 Å². The minimum absolute atomic E-state index is 0.205. The Morgan fingerprint density at radius 2 is 2.05 bits per heavy atom. The summed E-state index contributed by atoms with van der Waals surface area (Å²) >= 11 is 0. The van der Waals surface area contributed by atoms with Crippen molar-refractivity contribution >= 4 is 12.0 Å². The van der Waals surface area contributed by atoms with E-state index in [9.17, 15) is 9.59 Å². The predicted molar refractivity (Wildman–Crippen MR) is 72.7 cm³/mol. The second kappa shape index (κ2) is 8.76. The van der Waals surface area contributed by atoms with Crippen molar-refractivity contribution in [3.63, 3.8) is 0 Å². The monoisotopic (exact) mass is 288 g/mol. The molecule has 1 aliphatic heterocycles. The fourth-order valence-corrected chi connectivity index (χ4v) is 2.27. The highest BCUT2D eigenvalue weighted by atomic mass is 16.5. The first-order chi connectivity index (χ1) is 9.60. The van der Waals surface area contributed by atoms with Crippen molar-refractivity contribution in [1.82, 2.24) is 10.2 Å². The van der Waals surface area contributed by atoms with Crippen LogP contribution < -0.4 is 5.32 Å². The first kappa shape index (κ1) is 16.7. The van der Waals surface area contributed by atoms with Crippen molar-refractivity contribution in [3.05, 3.63) is 0 Å². The molecule has 20 heavy (non-hydrogen) atoms. The Balaban J connectivity index is 2.32. The minimum atomic E-state index is -0.986. The number of nitrogens with one attached hydrogen (secondary N) is 1. The van der Waals surface area contributed by atoms with E-state index in [0.29, 0.717) is 19.5 Å². The Hall–Kier alpha value is -1.34. The lowest BCUT2D eigenvalue weighted by molar-refractivity contribution is -0.141. The highest BCUT2D eigenvalue weighted by Gasteiger charge is 2.39. The molecule has 2 N–H and O–H groups in total. The maximum atomic E-state index is 12.0. The fourth-order valence-electron chi connectivity index (χ4n) is 2.27. The van der Waals surface area contributed by atoms with Crippen molar-refractivity contribution in [2.75, 3.05) is 33.9 Å². The Morgan fingerprint density at radius 1 is 1.30 bits per heavy atom. The molecule has 0 aliphatic carbocycles. The molecule has 2 atom stereocenters. The van der Waals surface area contributed by atoms with Crippen LogP contribution in [0.1, 0.15) is 25.7 Å². The molecule has 116 valence electrons. The number of urea groups is 1. The zero-order valence-corrected chi connectivity index (χ0v) is 12.1. The smallest absolute Gasteiger partial charge is 0.326 e. The van der Waals surface area contributed by atoms with Crippen LogP contribution in [0.3, 0.4) is 0 Å². The third-order valence-corrected chi connectivity index (χ3v) is 3.44. The summed E-state index contributed by atoms with van der Waals surface area (Å²) < 4.78 is 10.1. The van der Waals surface area contributed by atoms with Gasteiger partial charge < -0.3 is 24.8 Å². The van der Waals surface area contributed by atoms with Gasteiger partial charge in [-0.1, -0.05) is 0 Å². The molecule has 7 heteroatoms. The highest BCUT2D eigenvalue weighted by molar-refractivity contribution is 5.83. The zero-order chi connectivity index (χ0) is 15.0. The standard InChI is InChI=1S/C13H24N2O5/c1-19-7-5-3-4-6-14-13(18)15-9-10(20-2)8-11(15)12(16)17/h10-11H,3-9H2,1-2H3,(H,14,18)(H,16,17). The summed E-state index contributed by atoms with van der Waals surface area (Å²) in [6.07, 6.45) is 2.92. The molecule has 1 heterocycles. The van der Waals surface area contributed by atoms with Crippen LogP contribution in [0.4, 0.5) is 4.79 Å². The number of hydrogen-bond acceptors (Lipinski definition) is 4. The van der Waals surface area contributed by atoms with Gasteiger partial charge in [0.1, 0.15) is 6.04 Å². The van der Waals surface area contributed by atoms with Crippen molar-refractivity contribution in [2.24, 2.45) is 0 Å². The summed E-state index contributed by atoms with van der Waals surface area (Å²) in [6, 6.07) is -1.13. The number of ether oxygens (including phenoxy) is 2. The van der Waals surface area contributed by atoms with E-state index in [1.165, 1.54) is 12.0 Å². The van der Waals surface area contributed by atoms with Crippen LogP contribution in [0.2, 0.25) is 0 Å². The molecule has 1 aliphatic rings. The summed E-state index contributed by atoms with van der Waals surface area (Å²) in [5, 5.41) is 11.9. The maximum Gasteiger partial charge on any atom is 0.326 e. The summed E-state index contributed by atoms with van der Waals surface area (Å²) in [7, 11) is 3.19. The molecule has 0 saturated carbocycles. The number of carbonyl (C=O) groups excluding carboxylic acids is 1. The van der Waals surface area contributed by atoms with E-state index in [0.717, 1.165) is 25.9 Å². The third-order valence-electron chi connectivity index (χ3n) is 3.44. The highest BCUT2D eigenvalue weighted by Crippen LogP contribution is 2.20. The van der Waals surface area contributed by atoms with Gasteiger partial charge in [0.15, 0.2) is 0 Å². The largest absolute Gasteiger partial charge is 0.480 e. The van der Waals surface area contributed by atoms with E-state index in [2.05, 4.69) is 5.32 Å². The number of amides is 2. The normalized spacial score (nSPS) is 22.0. The lowest BCUT2D eigenvalue weighted by Crippen LogP contribution is -2.46. The molecule has 0 aromatic rings. The fraction of sp³-hybridized carbons (Fsp3) is 0.846. The molecule has 2 unspecified atom stereocenters. The molecule has 0 spiro atoms. The van der Waals surface area contributed by atoms with E-state index in [4.69, 9.17) is 14.6 Å². The number of aliphatic carboxylic acids is 1. The average molecular weight is 288 g/mol. The molecule has 1 saturated heterocycles. The second-order valence-electron chi connectivity index (χ2n) is 4.89. The minimum Gasteiger partial charge on any atom is -0.480 e. The number of carbonyl (C=O) groups is 2. The topological polar surface area (TPSA) is 88.1 Å². The molecular formula is C13H24N2O5. The molecular weight excluding hydrogens is 264 g/mol. The first-order valence-corrected chi connectivity index (χ1v) is 6.89. The van der Waals surface area contributed by atoms with Crippen molar-refractivity contribution in [3.8, 4) is 0 Å². The van der Waals surface area contributed by atoms with Crippen molar-refractivity contribution in [2.45, 2.75) is 37.8 Å². The first-order valence-electron chi connectivity index (χ1n) is 6.89. The molecule has 0 aromatic carbocycles. The van der Waals surface area contributed by atoms with Gasteiger partial charge >= 0.3 is 12.0 Å². The van der Waals surface area contributed by atoms with Crippen LogP contribution in [-0.2, 0) is 14.3 Å². The quantitative estimate of drug-likeness (QED) is 0.641. The molecule has 7 nitrogen and oxygen atoms in total. The number of unbranched alkanes of at least 4 members (excludes halogenated alkanes) is 2. The van der Waals surface area contributed by atoms with Gasteiger partial charge in [-0.05, 0) is 19.3 Å². The Labute approximate surface area is 119 Å². The predicted octanol–water partition coefficient (Wildman–Crippen LogP) is 0.687. The van der Waals surface area contributed by atoms with E-state index in [1.807, 2.05) is 0 Å². The van der Waals surface area contributed by atoms with Gasteiger partial charge in [-0.25, -0.2) is 9.59 Å². The van der Waals surface area contributed by atoms with Crippen molar-refractivity contribution < 1.29 is 24.2 Å². The number of carboxylic acid groups (broad SMARTS) is 1. The maximum absolute atomic E-state index is 12.0. The van der Waals surface area contributed by atoms with Gasteiger partial charge in [0, 0.05) is 40.3 Å². The third kappa shape index (κ3) is 4.97. The molecule has 1 rings (SSSR count). The molecule has 0 bridgehead atoms. The summed E-state index contributed by atoms with van der Waals surface area (Å²) in [5.41, 5.74) is 0. The number of carboxylic acids is 1. The summed E-state index contributed by atoms with van der Waals surface area (Å²) in [5.74, 6) is -0.986. The Morgan fingerprint density at radius 3 is 2.65 bits per heavy atom. The number of methoxy groups -OCH3 is 2. The van der Waals surface area contributed by atoms with E-state index < -0.39 is 12.0 Å². The number of rotatable bonds is 8. The summed E-state index contributed by atoms with van der Waals surface area (Å²) in [4.78, 5) is 24.5. The summed E-state index contributed by atoms with van der Waals surface area (Å²) in [6.45, 7) is 1.59. The van der Waals surface area contributed by atoms with Gasteiger partial charge in [-0.2, -0.15) is 0 Å². The number of likely N-dealkylation sites (tertiary alicyclic amines) is 1. The van der Waals surface area contributed by atoms with E-state index in [1.54, 1.807) is 7.11 Å². The zero-order valence-electron chi connectivity index (χ0n) is 12.1. The van der Waals surface area contributed by atoms with Gasteiger partial charge in [0.2, 0.25) is 0 Å². The molecule has 0 aromatic heterocycles. The van der Waals surface area contributed by atoms with Gasteiger partial charge in [-0.15, -0.1) is 0 Å². The Kier molecular flexibility index (Phi) is 7.32. The lowest BCUT2D eigenvalue weighted by Gasteiger charge is -2.21. The number of hydrogen-bond donors (Lipinski definition) is 2. The van der Waals surface area contributed by atoms with Crippen molar-refractivity contribution in [1.29, 1.82) is 0 Å².